The average Bonchev–Trinajstić information content (AvgIpc) is 2.38. The fourth-order valence-electron chi connectivity index (χ4n) is 3.21. The summed E-state index contributed by atoms with van der Waals surface area (Å²) in [5, 5.41) is 9.33. The molecule has 0 aromatic heterocycles. The average molecular weight is 269 g/mol. The largest absolute Gasteiger partial charge is 0.480 e. The van der Waals surface area contributed by atoms with Crippen LogP contribution in [0.5, 0.6) is 0 Å². The fourth-order valence-corrected chi connectivity index (χ4v) is 3.21. The van der Waals surface area contributed by atoms with Gasteiger partial charge in [-0.1, -0.05) is 19.3 Å². The summed E-state index contributed by atoms with van der Waals surface area (Å²) in [6, 6.07) is -0.642. The van der Waals surface area contributed by atoms with E-state index in [9.17, 15) is 14.7 Å². The Morgan fingerprint density at radius 2 is 1.79 bits per heavy atom. The summed E-state index contributed by atoms with van der Waals surface area (Å²) in [6.07, 6.45) is 4.57. The molecule has 0 spiro atoms. The quantitative estimate of drug-likeness (QED) is 0.794. The van der Waals surface area contributed by atoms with Crippen molar-refractivity contribution in [2.45, 2.75) is 70.6 Å². The predicted molar refractivity (Wildman–Crippen MR) is 69.9 cm³/mol. The number of carboxylic acid groups (broad SMARTS) is 1. The maximum atomic E-state index is 12.2. The highest BCUT2D eigenvalue weighted by atomic mass is 16.6. The van der Waals surface area contributed by atoms with Crippen LogP contribution < -0.4 is 0 Å². The highest BCUT2D eigenvalue weighted by Crippen LogP contribution is 2.42. The van der Waals surface area contributed by atoms with E-state index >= 15 is 0 Å². The van der Waals surface area contributed by atoms with Gasteiger partial charge in [-0.05, 0) is 33.6 Å². The molecule has 3 unspecified atom stereocenters. The maximum Gasteiger partial charge on any atom is 0.411 e. The molecule has 0 bridgehead atoms. The lowest BCUT2D eigenvalue weighted by atomic mass is 9.77. The Hall–Kier alpha value is -1.26. The van der Waals surface area contributed by atoms with Crippen LogP contribution in [0.1, 0.15) is 52.9 Å². The van der Waals surface area contributed by atoms with Crippen LogP contribution in [0.2, 0.25) is 0 Å². The van der Waals surface area contributed by atoms with Gasteiger partial charge in [-0.3, -0.25) is 4.90 Å². The highest BCUT2D eigenvalue weighted by Gasteiger charge is 2.55. The number of aliphatic carboxylic acids is 1. The van der Waals surface area contributed by atoms with Gasteiger partial charge in [0.25, 0.3) is 0 Å². The molecule has 1 saturated carbocycles. The van der Waals surface area contributed by atoms with Crippen molar-refractivity contribution >= 4 is 12.1 Å². The zero-order valence-corrected chi connectivity index (χ0v) is 11.9. The standard InChI is InChI=1S/C14H23NO4/c1-14(2,3)19-13(18)15-10-8-6-4-5-7-9(10)11(15)12(16)17/h9-11H,4-8H2,1-3H3,(H,16,17). The van der Waals surface area contributed by atoms with E-state index < -0.39 is 23.7 Å². The molecule has 2 rings (SSSR count). The van der Waals surface area contributed by atoms with Crippen LogP contribution in [0.15, 0.2) is 0 Å². The predicted octanol–water partition coefficient (Wildman–Crippen LogP) is 2.64. The highest BCUT2D eigenvalue weighted by molar-refractivity contribution is 5.83. The Balaban J connectivity index is 2.12. The smallest absolute Gasteiger partial charge is 0.411 e. The molecule has 5 nitrogen and oxygen atoms in total. The molecule has 0 radical (unpaired) electrons. The van der Waals surface area contributed by atoms with Crippen LogP contribution in [-0.4, -0.2) is 39.8 Å². The van der Waals surface area contributed by atoms with Gasteiger partial charge in [0.05, 0.1) is 0 Å². The first-order valence-corrected chi connectivity index (χ1v) is 7.05. The summed E-state index contributed by atoms with van der Waals surface area (Å²) in [4.78, 5) is 25.0. The van der Waals surface area contributed by atoms with E-state index in [1.54, 1.807) is 20.8 Å². The number of hydrogen-bond donors (Lipinski definition) is 1. The number of likely N-dealkylation sites (tertiary alicyclic amines) is 1. The van der Waals surface area contributed by atoms with Gasteiger partial charge in [0, 0.05) is 12.0 Å². The third kappa shape index (κ3) is 2.85. The van der Waals surface area contributed by atoms with E-state index in [1.165, 1.54) is 4.90 Å². The Bertz CT molecular complexity index is 374. The van der Waals surface area contributed by atoms with Crippen LogP contribution in [0.4, 0.5) is 4.79 Å². The van der Waals surface area contributed by atoms with Crippen molar-refractivity contribution in [1.82, 2.24) is 4.90 Å². The fraction of sp³-hybridized carbons (Fsp3) is 0.857. The molecule has 19 heavy (non-hydrogen) atoms. The van der Waals surface area contributed by atoms with E-state index in [-0.39, 0.29) is 12.0 Å². The number of amides is 1. The Labute approximate surface area is 113 Å². The summed E-state index contributed by atoms with van der Waals surface area (Å²) in [7, 11) is 0. The van der Waals surface area contributed by atoms with E-state index in [0.717, 1.165) is 32.1 Å². The summed E-state index contributed by atoms with van der Waals surface area (Å²) in [5.74, 6) is -0.804. The molecule has 0 aromatic rings. The minimum absolute atomic E-state index is 0.0541. The van der Waals surface area contributed by atoms with Gasteiger partial charge in [0.15, 0.2) is 0 Å². The van der Waals surface area contributed by atoms with E-state index in [4.69, 9.17) is 4.74 Å². The van der Waals surface area contributed by atoms with Crippen LogP contribution in [-0.2, 0) is 9.53 Å². The molecule has 1 aliphatic carbocycles. The van der Waals surface area contributed by atoms with Crippen LogP contribution in [0, 0.1) is 5.92 Å². The molecule has 1 N–H and O–H groups in total. The Morgan fingerprint density at radius 1 is 1.16 bits per heavy atom. The number of carboxylic acids is 1. The lowest BCUT2D eigenvalue weighted by Gasteiger charge is -2.52. The molecule has 0 aromatic carbocycles. The van der Waals surface area contributed by atoms with Gasteiger partial charge < -0.3 is 9.84 Å². The normalized spacial score (nSPS) is 30.9. The topological polar surface area (TPSA) is 66.8 Å². The second kappa shape index (κ2) is 5.02. The third-order valence-corrected chi connectivity index (χ3v) is 3.95. The minimum atomic E-state index is -0.908. The zero-order chi connectivity index (χ0) is 14.2. The molecular weight excluding hydrogens is 246 g/mol. The number of ether oxygens (including phenoxy) is 1. The maximum absolute atomic E-state index is 12.2. The summed E-state index contributed by atoms with van der Waals surface area (Å²) in [6.45, 7) is 5.39. The van der Waals surface area contributed by atoms with Gasteiger partial charge in [0.1, 0.15) is 11.6 Å². The van der Waals surface area contributed by atoms with Crippen LogP contribution >= 0.6 is 0 Å². The van der Waals surface area contributed by atoms with Crippen molar-refractivity contribution in [3.63, 3.8) is 0 Å². The number of fused-ring (bicyclic) bond motifs is 1. The zero-order valence-electron chi connectivity index (χ0n) is 11.9. The molecule has 3 atom stereocenters. The van der Waals surface area contributed by atoms with E-state index in [0.29, 0.717) is 0 Å². The lowest BCUT2D eigenvalue weighted by Crippen LogP contribution is -2.68. The molecular formula is C14H23NO4. The van der Waals surface area contributed by atoms with Crippen molar-refractivity contribution in [3.05, 3.63) is 0 Å². The molecule has 2 aliphatic rings. The van der Waals surface area contributed by atoms with Crippen LogP contribution in [0.25, 0.3) is 0 Å². The number of rotatable bonds is 1. The van der Waals surface area contributed by atoms with Crippen molar-refractivity contribution < 1.29 is 19.4 Å². The first-order chi connectivity index (χ1) is 8.81. The lowest BCUT2D eigenvalue weighted by molar-refractivity contribution is -0.159. The molecule has 1 aliphatic heterocycles. The third-order valence-electron chi connectivity index (χ3n) is 3.95. The van der Waals surface area contributed by atoms with Crippen molar-refractivity contribution in [1.29, 1.82) is 0 Å². The number of carbonyl (C=O) groups is 2. The first-order valence-electron chi connectivity index (χ1n) is 7.05. The molecule has 1 amide bonds. The van der Waals surface area contributed by atoms with Gasteiger partial charge in [-0.25, -0.2) is 9.59 Å². The molecule has 1 heterocycles. The number of hydrogen-bond acceptors (Lipinski definition) is 3. The summed E-state index contributed by atoms with van der Waals surface area (Å²) >= 11 is 0. The van der Waals surface area contributed by atoms with Crippen molar-refractivity contribution in [3.8, 4) is 0 Å². The van der Waals surface area contributed by atoms with Gasteiger partial charge in [-0.2, -0.15) is 0 Å². The molecule has 5 heteroatoms. The van der Waals surface area contributed by atoms with Gasteiger partial charge >= 0.3 is 12.1 Å². The van der Waals surface area contributed by atoms with Crippen molar-refractivity contribution in [2.24, 2.45) is 5.92 Å². The Kier molecular flexibility index (Phi) is 3.74. The molecule has 1 saturated heterocycles. The summed E-state index contributed by atoms with van der Waals surface area (Å²) < 4.78 is 5.34. The number of carbonyl (C=O) groups excluding carboxylic acids is 1. The van der Waals surface area contributed by atoms with Gasteiger partial charge in [0.2, 0.25) is 0 Å². The molecule has 2 fully saturated rings. The van der Waals surface area contributed by atoms with Gasteiger partial charge in [-0.15, -0.1) is 0 Å². The second-order valence-electron chi connectivity index (χ2n) is 6.54. The summed E-state index contributed by atoms with van der Waals surface area (Å²) in [5.41, 5.74) is -0.587. The second-order valence-corrected chi connectivity index (χ2v) is 6.54. The van der Waals surface area contributed by atoms with E-state index in [1.807, 2.05) is 0 Å². The van der Waals surface area contributed by atoms with E-state index in [2.05, 4.69) is 0 Å². The van der Waals surface area contributed by atoms with Crippen LogP contribution in [0.3, 0.4) is 0 Å². The molecule has 108 valence electrons. The number of nitrogens with zero attached hydrogens (tertiary/aromatic N) is 1. The minimum Gasteiger partial charge on any atom is -0.480 e. The monoisotopic (exact) mass is 269 g/mol. The Morgan fingerprint density at radius 3 is 2.37 bits per heavy atom. The van der Waals surface area contributed by atoms with Crippen molar-refractivity contribution in [2.75, 3.05) is 0 Å². The first kappa shape index (κ1) is 14.2. The SMILES string of the molecule is CC(C)(C)OC(=O)N1C2CCCCCC2C1C(=O)O.